The van der Waals surface area contributed by atoms with Gasteiger partial charge < -0.3 is 15.2 Å². The number of carbonyl (C=O) groups is 1. The molecule has 2 unspecified atom stereocenters. The van der Waals surface area contributed by atoms with Crippen molar-refractivity contribution in [2.75, 3.05) is 13.2 Å². The zero-order valence-electron chi connectivity index (χ0n) is 13.2. The summed E-state index contributed by atoms with van der Waals surface area (Å²) in [5.74, 6) is 1.13. The molecule has 1 amide bonds. The predicted molar refractivity (Wildman–Crippen MR) is 86.8 cm³/mol. The zero-order chi connectivity index (χ0) is 15.6. The van der Waals surface area contributed by atoms with E-state index in [2.05, 4.69) is 5.32 Å². The highest BCUT2D eigenvalue weighted by Crippen LogP contribution is 2.23. The fourth-order valence-corrected chi connectivity index (χ4v) is 3.01. The molecule has 0 spiro atoms. The highest BCUT2D eigenvalue weighted by molar-refractivity contribution is 5.76. The molecule has 0 aliphatic heterocycles. The summed E-state index contributed by atoms with van der Waals surface area (Å²) >= 11 is 0. The summed E-state index contributed by atoms with van der Waals surface area (Å²) < 4.78 is 5.59. The molecule has 0 bridgehead atoms. The summed E-state index contributed by atoms with van der Waals surface area (Å²) in [6, 6.07) is 9.78. The monoisotopic (exact) mass is 305 g/mol. The maximum Gasteiger partial charge on any atom is 0.220 e. The second-order valence-electron chi connectivity index (χ2n) is 6.02. The highest BCUT2D eigenvalue weighted by Gasteiger charge is 2.24. The van der Waals surface area contributed by atoms with Gasteiger partial charge >= 0.3 is 0 Å². The Bertz CT molecular complexity index is 435. The minimum atomic E-state index is 0.0713. The smallest absolute Gasteiger partial charge is 0.220 e. The van der Waals surface area contributed by atoms with Crippen LogP contribution in [0.4, 0.5) is 0 Å². The third-order valence-electron chi connectivity index (χ3n) is 4.30. The van der Waals surface area contributed by atoms with Crippen molar-refractivity contribution in [1.82, 2.24) is 5.32 Å². The van der Waals surface area contributed by atoms with Crippen LogP contribution < -0.4 is 10.1 Å². The SMILES string of the molecule is O=C(CCCOc1ccccc1)NC1CCCCCC1CO. The van der Waals surface area contributed by atoms with E-state index in [0.717, 1.165) is 31.4 Å². The number of aliphatic hydroxyl groups excluding tert-OH is 1. The van der Waals surface area contributed by atoms with Gasteiger partial charge in [-0.1, -0.05) is 37.5 Å². The molecule has 0 aromatic heterocycles. The van der Waals surface area contributed by atoms with Crippen molar-refractivity contribution in [2.24, 2.45) is 5.92 Å². The second-order valence-corrected chi connectivity index (χ2v) is 6.02. The lowest BCUT2D eigenvalue weighted by Gasteiger charge is -2.24. The quantitative estimate of drug-likeness (QED) is 0.601. The topological polar surface area (TPSA) is 58.6 Å². The first-order valence-corrected chi connectivity index (χ1v) is 8.37. The Morgan fingerprint density at radius 2 is 1.95 bits per heavy atom. The van der Waals surface area contributed by atoms with Gasteiger partial charge in [-0.05, 0) is 31.4 Å². The van der Waals surface area contributed by atoms with Crippen molar-refractivity contribution >= 4 is 5.91 Å². The first kappa shape index (κ1) is 16.8. The molecule has 0 saturated heterocycles. The molecule has 0 heterocycles. The molecule has 0 radical (unpaired) electrons. The molecule has 4 heteroatoms. The van der Waals surface area contributed by atoms with Gasteiger partial charge in [-0.3, -0.25) is 4.79 Å². The minimum Gasteiger partial charge on any atom is -0.494 e. The number of hydrogen-bond acceptors (Lipinski definition) is 3. The number of para-hydroxylation sites is 1. The van der Waals surface area contributed by atoms with Crippen molar-refractivity contribution in [3.63, 3.8) is 0 Å². The molecule has 22 heavy (non-hydrogen) atoms. The Kier molecular flexibility index (Phi) is 7.23. The Balaban J connectivity index is 1.66. The number of rotatable bonds is 7. The van der Waals surface area contributed by atoms with Crippen LogP contribution in [0.15, 0.2) is 30.3 Å². The van der Waals surface area contributed by atoms with Gasteiger partial charge in [0.25, 0.3) is 0 Å². The van der Waals surface area contributed by atoms with Crippen LogP contribution in [0, 0.1) is 5.92 Å². The number of ether oxygens (including phenoxy) is 1. The lowest BCUT2D eigenvalue weighted by molar-refractivity contribution is -0.122. The average Bonchev–Trinajstić information content (AvgIpc) is 2.77. The van der Waals surface area contributed by atoms with E-state index in [1.807, 2.05) is 30.3 Å². The first-order chi connectivity index (χ1) is 10.8. The van der Waals surface area contributed by atoms with Gasteiger partial charge in [0, 0.05) is 25.0 Å². The molecule has 1 fully saturated rings. The normalized spacial score (nSPS) is 21.9. The fourth-order valence-electron chi connectivity index (χ4n) is 3.01. The average molecular weight is 305 g/mol. The number of carbonyl (C=O) groups excluding carboxylic acids is 1. The van der Waals surface area contributed by atoms with Crippen LogP contribution in [0.5, 0.6) is 5.75 Å². The van der Waals surface area contributed by atoms with Crippen molar-refractivity contribution in [3.05, 3.63) is 30.3 Å². The molecule has 1 aromatic rings. The minimum absolute atomic E-state index is 0.0713. The molecular weight excluding hydrogens is 278 g/mol. The van der Waals surface area contributed by atoms with E-state index >= 15 is 0 Å². The van der Waals surface area contributed by atoms with Crippen LogP contribution in [0.25, 0.3) is 0 Å². The van der Waals surface area contributed by atoms with E-state index in [-0.39, 0.29) is 24.5 Å². The molecule has 1 aliphatic carbocycles. The van der Waals surface area contributed by atoms with Crippen LogP contribution in [0.1, 0.15) is 44.9 Å². The Morgan fingerprint density at radius 3 is 2.73 bits per heavy atom. The summed E-state index contributed by atoms with van der Waals surface area (Å²) in [6.07, 6.45) is 6.67. The third kappa shape index (κ3) is 5.68. The van der Waals surface area contributed by atoms with Gasteiger partial charge in [0.15, 0.2) is 0 Å². The van der Waals surface area contributed by atoms with Crippen LogP contribution in [0.2, 0.25) is 0 Å². The maximum absolute atomic E-state index is 12.0. The molecule has 2 rings (SSSR count). The standard InChI is InChI=1S/C18H27NO3/c20-14-15-8-3-1-6-11-17(15)19-18(21)12-7-13-22-16-9-4-2-5-10-16/h2,4-5,9-10,15,17,20H,1,3,6-8,11-14H2,(H,19,21). The zero-order valence-corrected chi connectivity index (χ0v) is 13.2. The lowest BCUT2D eigenvalue weighted by atomic mass is 9.95. The summed E-state index contributed by atoms with van der Waals surface area (Å²) in [5.41, 5.74) is 0. The molecule has 1 saturated carbocycles. The van der Waals surface area contributed by atoms with Crippen molar-refractivity contribution < 1.29 is 14.6 Å². The summed E-state index contributed by atoms with van der Waals surface area (Å²) in [4.78, 5) is 12.0. The second kappa shape index (κ2) is 9.46. The van der Waals surface area contributed by atoms with Gasteiger partial charge in [0.2, 0.25) is 5.91 Å². The van der Waals surface area contributed by atoms with Gasteiger partial charge in [0.05, 0.1) is 6.61 Å². The number of aliphatic hydroxyl groups is 1. The largest absolute Gasteiger partial charge is 0.494 e. The Morgan fingerprint density at radius 1 is 1.18 bits per heavy atom. The number of benzene rings is 1. The molecule has 1 aromatic carbocycles. The molecule has 2 atom stereocenters. The number of amides is 1. The molecular formula is C18H27NO3. The van der Waals surface area contributed by atoms with E-state index in [0.29, 0.717) is 19.4 Å². The predicted octanol–water partition coefficient (Wildman–Crippen LogP) is 2.90. The van der Waals surface area contributed by atoms with Gasteiger partial charge in [0.1, 0.15) is 5.75 Å². The molecule has 4 nitrogen and oxygen atoms in total. The first-order valence-electron chi connectivity index (χ1n) is 8.37. The molecule has 2 N–H and O–H groups in total. The van der Waals surface area contributed by atoms with E-state index in [9.17, 15) is 9.90 Å². The Hall–Kier alpha value is -1.55. The van der Waals surface area contributed by atoms with Gasteiger partial charge in [-0.25, -0.2) is 0 Å². The highest BCUT2D eigenvalue weighted by atomic mass is 16.5. The van der Waals surface area contributed by atoms with Crippen LogP contribution in [-0.4, -0.2) is 30.3 Å². The van der Waals surface area contributed by atoms with Crippen LogP contribution >= 0.6 is 0 Å². The van der Waals surface area contributed by atoms with E-state index in [1.54, 1.807) is 0 Å². The van der Waals surface area contributed by atoms with Crippen molar-refractivity contribution in [2.45, 2.75) is 51.0 Å². The Labute approximate surface area is 132 Å². The maximum atomic E-state index is 12.0. The van der Waals surface area contributed by atoms with Crippen molar-refractivity contribution in [3.8, 4) is 5.75 Å². The van der Waals surface area contributed by atoms with Gasteiger partial charge in [-0.15, -0.1) is 0 Å². The summed E-state index contributed by atoms with van der Waals surface area (Å²) in [5, 5.41) is 12.6. The van der Waals surface area contributed by atoms with Gasteiger partial charge in [-0.2, -0.15) is 0 Å². The summed E-state index contributed by atoms with van der Waals surface area (Å²) in [6.45, 7) is 0.716. The van der Waals surface area contributed by atoms with Crippen LogP contribution in [0.3, 0.4) is 0 Å². The van der Waals surface area contributed by atoms with E-state index < -0.39 is 0 Å². The number of nitrogens with one attached hydrogen (secondary N) is 1. The summed E-state index contributed by atoms with van der Waals surface area (Å²) in [7, 11) is 0. The van der Waals surface area contributed by atoms with E-state index in [4.69, 9.17) is 4.74 Å². The van der Waals surface area contributed by atoms with Crippen LogP contribution in [-0.2, 0) is 4.79 Å². The van der Waals surface area contributed by atoms with E-state index in [1.165, 1.54) is 6.42 Å². The molecule has 122 valence electrons. The lowest BCUT2D eigenvalue weighted by Crippen LogP contribution is -2.41. The van der Waals surface area contributed by atoms with Crippen molar-refractivity contribution in [1.29, 1.82) is 0 Å². The number of hydrogen-bond donors (Lipinski definition) is 2. The third-order valence-corrected chi connectivity index (χ3v) is 4.30. The fraction of sp³-hybridized carbons (Fsp3) is 0.611. The molecule has 1 aliphatic rings.